The van der Waals surface area contributed by atoms with E-state index in [0.29, 0.717) is 6.01 Å². The molecule has 0 atom stereocenters. The van der Waals surface area contributed by atoms with Crippen LogP contribution in [-0.2, 0) is 4.74 Å². The highest BCUT2D eigenvalue weighted by Gasteiger charge is 2.25. The highest BCUT2D eigenvalue weighted by molar-refractivity contribution is 5.85. The summed E-state index contributed by atoms with van der Waals surface area (Å²) in [6.45, 7) is 3.22. The molecule has 3 heterocycles. The second-order valence-electron chi connectivity index (χ2n) is 7.63. The Hall–Kier alpha value is -3.00. The minimum atomic E-state index is 0.128. The fraction of sp³-hybridized carbons (Fsp3) is 0.455. The molecule has 2 fully saturated rings. The Bertz CT molecular complexity index is 973. The van der Waals surface area contributed by atoms with E-state index < -0.39 is 0 Å². The van der Waals surface area contributed by atoms with Crippen LogP contribution in [0.1, 0.15) is 25.7 Å². The van der Waals surface area contributed by atoms with E-state index in [-0.39, 0.29) is 12.2 Å². The second kappa shape index (κ2) is 8.79. The third-order valence-corrected chi connectivity index (χ3v) is 5.63. The molecule has 2 aromatic heterocycles. The van der Waals surface area contributed by atoms with Crippen molar-refractivity contribution in [3.8, 4) is 11.8 Å². The first-order chi connectivity index (χ1) is 14.8. The standard InChI is InChI=1S/C22H25N5O3/c1-6-25-22(26-7-1)30-18-4-2-17(3-5-18)29-20-15-16(27-10-12-28-13-11-27)14-19-21(20)24-9-8-23-19/h1,6-9,14-15,17-18H,2-5,10-13H2/t17-,18-. The van der Waals surface area contributed by atoms with Crippen LogP contribution in [0.2, 0.25) is 0 Å². The molecule has 1 aromatic carbocycles. The maximum absolute atomic E-state index is 6.45. The van der Waals surface area contributed by atoms with Gasteiger partial charge in [-0.2, -0.15) is 0 Å². The lowest BCUT2D eigenvalue weighted by Crippen LogP contribution is -2.36. The summed E-state index contributed by atoms with van der Waals surface area (Å²) in [5.74, 6) is 0.804. The Morgan fingerprint density at radius 3 is 2.27 bits per heavy atom. The molecule has 1 saturated carbocycles. The highest BCUT2D eigenvalue weighted by atomic mass is 16.5. The number of nitrogens with zero attached hydrogens (tertiary/aromatic N) is 5. The van der Waals surface area contributed by atoms with Gasteiger partial charge in [-0.05, 0) is 37.8 Å². The van der Waals surface area contributed by atoms with Gasteiger partial charge in [0.2, 0.25) is 0 Å². The van der Waals surface area contributed by atoms with E-state index in [9.17, 15) is 0 Å². The van der Waals surface area contributed by atoms with E-state index in [1.807, 2.05) is 0 Å². The molecule has 30 heavy (non-hydrogen) atoms. The number of rotatable bonds is 5. The minimum Gasteiger partial charge on any atom is -0.488 e. The van der Waals surface area contributed by atoms with Crippen molar-refractivity contribution in [2.75, 3.05) is 31.2 Å². The maximum Gasteiger partial charge on any atom is 0.316 e. The molecule has 1 aliphatic carbocycles. The van der Waals surface area contributed by atoms with Gasteiger partial charge in [-0.1, -0.05) is 0 Å². The summed E-state index contributed by atoms with van der Waals surface area (Å²) in [6.07, 6.45) is 10.8. The molecule has 1 saturated heterocycles. The first-order valence-corrected chi connectivity index (χ1v) is 10.5. The smallest absolute Gasteiger partial charge is 0.316 e. The Kier molecular flexibility index (Phi) is 5.56. The van der Waals surface area contributed by atoms with Crippen LogP contribution >= 0.6 is 0 Å². The van der Waals surface area contributed by atoms with E-state index in [0.717, 1.165) is 74.5 Å². The topological polar surface area (TPSA) is 82.5 Å². The second-order valence-corrected chi connectivity index (χ2v) is 7.63. The van der Waals surface area contributed by atoms with Crippen LogP contribution in [0.5, 0.6) is 11.8 Å². The van der Waals surface area contributed by atoms with E-state index in [1.54, 1.807) is 30.9 Å². The van der Waals surface area contributed by atoms with E-state index in [2.05, 4.69) is 37.0 Å². The van der Waals surface area contributed by atoms with Crippen LogP contribution in [0.25, 0.3) is 11.0 Å². The van der Waals surface area contributed by atoms with Gasteiger partial charge in [0.15, 0.2) is 0 Å². The van der Waals surface area contributed by atoms with Gasteiger partial charge in [-0.25, -0.2) is 15.0 Å². The van der Waals surface area contributed by atoms with Gasteiger partial charge in [-0.3, -0.25) is 4.98 Å². The Labute approximate surface area is 175 Å². The lowest BCUT2D eigenvalue weighted by molar-refractivity contribution is 0.0757. The quantitative estimate of drug-likeness (QED) is 0.638. The average Bonchev–Trinajstić information content (AvgIpc) is 2.81. The molecule has 3 aromatic rings. The molecule has 0 amide bonds. The normalized spacial score (nSPS) is 22.1. The molecule has 8 nitrogen and oxygen atoms in total. The SMILES string of the molecule is c1cnc(O[C@H]2CC[C@H](Oc3cc(N4CCOCC4)cc4nccnc34)CC2)nc1. The van der Waals surface area contributed by atoms with E-state index in [4.69, 9.17) is 14.2 Å². The predicted molar refractivity (Wildman–Crippen MR) is 112 cm³/mol. The van der Waals surface area contributed by atoms with E-state index in [1.165, 1.54) is 0 Å². The van der Waals surface area contributed by atoms with Gasteiger partial charge in [0, 0.05) is 49.6 Å². The van der Waals surface area contributed by atoms with Crippen molar-refractivity contribution in [2.45, 2.75) is 37.9 Å². The Morgan fingerprint density at radius 1 is 0.800 bits per heavy atom. The Balaban J connectivity index is 1.29. The molecule has 0 spiro atoms. The molecule has 156 valence electrons. The molecule has 0 radical (unpaired) electrons. The first kappa shape index (κ1) is 19.0. The van der Waals surface area contributed by atoms with Gasteiger partial charge in [-0.15, -0.1) is 0 Å². The molecule has 0 N–H and O–H groups in total. The van der Waals surface area contributed by atoms with Crippen molar-refractivity contribution in [3.05, 3.63) is 43.0 Å². The zero-order valence-corrected chi connectivity index (χ0v) is 16.8. The number of morpholine rings is 1. The van der Waals surface area contributed by atoms with Crippen molar-refractivity contribution < 1.29 is 14.2 Å². The van der Waals surface area contributed by atoms with Crippen molar-refractivity contribution in [1.82, 2.24) is 19.9 Å². The third-order valence-electron chi connectivity index (χ3n) is 5.63. The first-order valence-electron chi connectivity index (χ1n) is 10.5. The monoisotopic (exact) mass is 407 g/mol. The van der Waals surface area contributed by atoms with E-state index >= 15 is 0 Å². The minimum absolute atomic E-state index is 0.128. The van der Waals surface area contributed by atoms with Crippen molar-refractivity contribution in [2.24, 2.45) is 0 Å². The fourth-order valence-electron chi connectivity index (χ4n) is 4.07. The zero-order valence-electron chi connectivity index (χ0n) is 16.8. The van der Waals surface area contributed by atoms with Gasteiger partial charge in [0.05, 0.1) is 24.8 Å². The average molecular weight is 407 g/mol. The molecule has 1 aliphatic heterocycles. The molecule has 0 unspecified atom stereocenters. The molecular weight excluding hydrogens is 382 g/mol. The maximum atomic E-state index is 6.45. The third kappa shape index (κ3) is 4.28. The molecule has 5 rings (SSSR count). The van der Waals surface area contributed by atoms with Gasteiger partial charge >= 0.3 is 6.01 Å². The van der Waals surface area contributed by atoms with Crippen LogP contribution in [0.3, 0.4) is 0 Å². The number of ether oxygens (including phenoxy) is 3. The van der Waals surface area contributed by atoms with Crippen LogP contribution in [0, 0.1) is 0 Å². The predicted octanol–water partition coefficient (Wildman–Crippen LogP) is 3.03. The molecule has 0 bridgehead atoms. The fourth-order valence-corrected chi connectivity index (χ4v) is 4.07. The number of aromatic nitrogens is 4. The van der Waals surface area contributed by atoms with Gasteiger partial charge in [0.1, 0.15) is 17.4 Å². The van der Waals surface area contributed by atoms with Crippen LogP contribution in [0.4, 0.5) is 5.69 Å². The van der Waals surface area contributed by atoms with Crippen LogP contribution in [-0.4, -0.2) is 58.4 Å². The summed E-state index contributed by atoms with van der Waals surface area (Å²) in [4.78, 5) is 19.7. The lowest BCUT2D eigenvalue weighted by atomic mass is 9.95. The number of hydrogen-bond acceptors (Lipinski definition) is 8. The highest BCUT2D eigenvalue weighted by Crippen LogP contribution is 2.33. The summed E-state index contributed by atoms with van der Waals surface area (Å²) in [5.41, 5.74) is 2.78. The number of anilines is 1. The van der Waals surface area contributed by atoms with Crippen molar-refractivity contribution in [1.29, 1.82) is 0 Å². The Morgan fingerprint density at radius 2 is 1.50 bits per heavy atom. The molecular formula is C22H25N5O3. The summed E-state index contributed by atoms with van der Waals surface area (Å²) in [7, 11) is 0. The number of hydrogen-bond donors (Lipinski definition) is 0. The van der Waals surface area contributed by atoms with Gasteiger partial charge in [0.25, 0.3) is 0 Å². The molecule has 2 aliphatic rings. The summed E-state index contributed by atoms with van der Waals surface area (Å²) < 4.78 is 17.8. The number of fused-ring (bicyclic) bond motifs is 1. The molecule has 8 heteroatoms. The van der Waals surface area contributed by atoms with Crippen LogP contribution in [0.15, 0.2) is 43.0 Å². The largest absolute Gasteiger partial charge is 0.488 e. The zero-order chi connectivity index (χ0) is 20.2. The van der Waals surface area contributed by atoms with Crippen LogP contribution < -0.4 is 14.4 Å². The summed E-state index contributed by atoms with van der Waals surface area (Å²) in [5, 5.41) is 0. The summed E-state index contributed by atoms with van der Waals surface area (Å²) >= 11 is 0. The number of benzene rings is 1. The van der Waals surface area contributed by atoms with Gasteiger partial charge < -0.3 is 19.1 Å². The van der Waals surface area contributed by atoms with Crippen molar-refractivity contribution >= 4 is 16.7 Å². The summed E-state index contributed by atoms with van der Waals surface area (Å²) in [6, 6.07) is 6.42. The lowest BCUT2D eigenvalue weighted by Gasteiger charge is -2.31. The van der Waals surface area contributed by atoms with Crippen molar-refractivity contribution in [3.63, 3.8) is 0 Å².